The molecule has 2 heterocycles. The summed E-state index contributed by atoms with van der Waals surface area (Å²) >= 11 is 0. The molecular weight excluding hydrogens is 418 g/mol. The molecule has 3 atom stereocenters. The van der Waals surface area contributed by atoms with Crippen LogP contribution in [0.5, 0.6) is 0 Å². The van der Waals surface area contributed by atoms with Crippen molar-refractivity contribution in [1.29, 1.82) is 0 Å². The molecule has 6 nitrogen and oxygen atoms in total. The van der Waals surface area contributed by atoms with E-state index in [0.29, 0.717) is 38.1 Å². The van der Waals surface area contributed by atoms with Crippen LogP contribution in [0.1, 0.15) is 43.9 Å². The molecular formula is C27H33NO5. The molecule has 0 aliphatic carbocycles. The van der Waals surface area contributed by atoms with Crippen LogP contribution in [0.4, 0.5) is 0 Å². The summed E-state index contributed by atoms with van der Waals surface area (Å²) in [7, 11) is 0. The summed E-state index contributed by atoms with van der Waals surface area (Å²) in [4.78, 5) is 15.4. The van der Waals surface area contributed by atoms with Gasteiger partial charge in [0.1, 0.15) is 12.0 Å². The van der Waals surface area contributed by atoms with Gasteiger partial charge < -0.3 is 24.2 Å². The predicted octanol–water partition coefficient (Wildman–Crippen LogP) is 4.21. The molecule has 1 saturated heterocycles. The Balaban J connectivity index is 1.47. The van der Waals surface area contributed by atoms with Crippen molar-refractivity contribution >= 4 is 5.91 Å². The molecule has 0 spiro atoms. The Kier molecular flexibility index (Phi) is 7.36. The minimum Gasteiger partial charge on any atom is -0.459 e. The van der Waals surface area contributed by atoms with Crippen molar-refractivity contribution in [3.63, 3.8) is 0 Å². The van der Waals surface area contributed by atoms with Crippen LogP contribution in [0.15, 0.2) is 72.7 Å². The number of hydrogen-bond acceptors (Lipinski definition) is 5. The van der Waals surface area contributed by atoms with Gasteiger partial charge in [-0.1, -0.05) is 60.7 Å². The number of hydrogen-bond donors (Lipinski definition) is 1. The Morgan fingerprint density at radius 2 is 1.85 bits per heavy atom. The summed E-state index contributed by atoms with van der Waals surface area (Å²) in [6, 6.07) is 19.7. The molecule has 1 fully saturated rings. The summed E-state index contributed by atoms with van der Waals surface area (Å²) in [6.45, 7) is 4.92. The highest BCUT2D eigenvalue weighted by molar-refractivity contribution is 5.82. The quantitative estimate of drug-likeness (QED) is 0.619. The van der Waals surface area contributed by atoms with Crippen LogP contribution in [0.25, 0.3) is 0 Å². The number of aliphatic hydroxyl groups is 1. The average Bonchev–Trinajstić information content (AvgIpc) is 3.47. The molecule has 6 heteroatoms. The zero-order chi connectivity index (χ0) is 23.3. The fourth-order valence-corrected chi connectivity index (χ4v) is 4.63. The minimum absolute atomic E-state index is 0.0106. The van der Waals surface area contributed by atoms with Gasteiger partial charge in [-0.15, -0.1) is 0 Å². The second-order valence-corrected chi connectivity index (χ2v) is 9.09. The third kappa shape index (κ3) is 5.40. The number of rotatable bonds is 9. The van der Waals surface area contributed by atoms with E-state index in [1.54, 1.807) is 6.26 Å². The molecule has 2 aliphatic rings. The maximum Gasteiger partial charge on any atom is 0.256 e. The smallest absolute Gasteiger partial charge is 0.256 e. The lowest BCUT2D eigenvalue weighted by Crippen LogP contribution is -2.38. The number of aliphatic hydroxyl groups excluding tert-OH is 1. The van der Waals surface area contributed by atoms with E-state index in [1.165, 1.54) is 0 Å². The topological polar surface area (TPSA) is 68.2 Å². The van der Waals surface area contributed by atoms with E-state index in [4.69, 9.17) is 14.2 Å². The van der Waals surface area contributed by atoms with Crippen LogP contribution in [0, 0.1) is 5.41 Å². The molecule has 0 aromatic heterocycles. The molecule has 1 amide bonds. The molecule has 2 aromatic carbocycles. The number of likely N-dealkylation sites (tertiary alicyclic amines) is 1. The highest BCUT2D eigenvalue weighted by atomic mass is 16.7. The van der Waals surface area contributed by atoms with Crippen molar-refractivity contribution in [2.75, 3.05) is 19.7 Å². The number of benzene rings is 2. The van der Waals surface area contributed by atoms with Crippen LogP contribution in [-0.4, -0.2) is 48.0 Å². The van der Waals surface area contributed by atoms with Gasteiger partial charge in [-0.3, -0.25) is 4.79 Å². The standard InChI is InChI=1S/C27H33NO5/c1-20(2)32-25(22-11-7-4-8-12-22)26(30)28-15-13-27(19-28,14-16-29)23-18-31-24(33-23)17-21-9-5-3-6-10-21/h3-12,18,20,24-25,29H,13-17,19H2,1-2H3. The summed E-state index contributed by atoms with van der Waals surface area (Å²) in [5.74, 6) is 0.656. The van der Waals surface area contributed by atoms with E-state index < -0.39 is 17.8 Å². The predicted molar refractivity (Wildman–Crippen MR) is 125 cm³/mol. The summed E-state index contributed by atoms with van der Waals surface area (Å²) < 4.78 is 18.1. The molecule has 2 aromatic rings. The second-order valence-electron chi connectivity index (χ2n) is 9.09. The maximum absolute atomic E-state index is 13.5. The molecule has 2 aliphatic heterocycles. The van der Waals surface area contributed by atoms with Gasteiger partial charge in [-0.05, 0) is 37.8 Å². The van der Waals surface area contributed by atoms with Gasteiger partial charge in [0.15, 0.2) is 6.10 Å². The Morgan fingerprint density at radius 3 is 2.52 bits per heavy atom. The zero-order valence-corrected chi connectivity index (χ0v) is 19.4. The van der Waals surface area contributed by atoms with Crippen molar-refractivity contribution in [2.24, 2.45) is 5.41 Å². The molecule has 0 radical (unpaired) electrons. The van der Waals surface area contributed by atoms with E-state index in [-0.39, 0.29) is 18.6 Å². The number of amides is 1. The second kappa shape index (κ2) is 10.4. The van der Waals surface area contributed by atoms with Gasteiger partial charge in [-0.25, -0.2) is 0 Å². The maximum atomic E-state index is 13.5. The molecule has 33 heavy (non-hydrogen) atoms. The monoisotopic (exact) mass is 451 g/mol. The lowest BCUT2D eigenvalue weighted by atomic mass is 9.82. The average molecular weight is 452 g/mol. The zero-order valence-electron chi connectivity index (χ0n) is 19.4. The summed E-state index contributed by atoms with van der Waals surface area (Å²) in [5.41, 5.74) is 1.51. The number of nitrogens with zero attached hydrogens (tertiary/aromatic N) is 1. The van der Waals surface area contributed by atoms with Crippen molar-refractivity contribution in [2.45, 2.75) is 51.6 Å². The molecule has 3 unspecified atom stereocenters. The normalized spacial score (nSPS) is 23.2. The van der Waals surface area contributed by atoms with Gasteiger partial charge in [0, 0.05) is 26.1 Å². The molecule has 0 bridgehead atoms. The Morgan fingerprint density at radius 1 is 1.15 bits per heavy atom. The van der Waals surface area contributed by atoms with E-state index in [2.05, 4.69) is 0 Å². The van der Waals surface area contributed by atoms with Crippen molar-refractivity contribution in [3.05, 3.63) is 83.8 Å². The lowest BCUT2D eigenvalue weighted by molar-refractivity contribution is -0.146. The molecule has 176 valence electrons. The van der Waals surface area contributed by atoms with Gasteiger partial charge in [-0.2, -0.15) is 0 Å². The van der Waals surface area contributed by atoms with E-state index in [1.807, 2.05) is 79.4 Å². The third-order valence-corrected chi connectivity index (χ3v) is 6.34. The third-order valence-electron chi connectivity index (χ3n) is 6.34. The van der Waals surface area contributed by atoms with Crippen molar-refractivity contribution in [3.8, 4) is 0 Å². The Hall–Kier alpha value is -2.83. The SMILES string of the molecule is CC(C)OC(C(=O)N1CCC(CCO)(C2=COC(Cc3ccccc3)O2)C1)c1ccccc1. The van der Waals surface area contributed by atoms with Gasteiger partial charge >= 0.3 is 0 Å². The Labute approximate surface area is 195 Å². The first kappa shape index (κ1) is 23.3. The number of ether oxygens (including phenoxy) is 3. The van der Waals surface area contributed by atoms with Crippen LogP contribution < -0.4 is 0 Å². The van der Waals surface area contributed by atoms with Crippen molar-refractivity contribution in [1.82, 2.24) is 4.90 Å². The van der Waals surface area contributed by atoms with Gasteiger partial charge in [0.05, 0.1) is 11.5 Å². The first-order valence-electron chi connectivity index (χ1n) is 11.7. The van der Waals surface area contributed by atoms with E-state index in [9.17, 15) is 9.90 Å². The van der Waals surface area contributed by atoms with Gasteiger partial charge in [0.25, 0.3) is 5.91 Å². The van der Waals surface area contributed by atoms with Crippen LogP contribution in [0.2, 0.25) is 0 Å². The van der Waals surface area contributed by atoms with Crippen molar-refractivity contribution < 1.29 is 24.1 Å². The fourth-order valence-electron chi connectivity index (χ4n) is 4.63. The lowest BCUT2D eigenvalue weighted by Gasteiger charge is -2.30. The summed E-state index contributed by atoms with van der Waals surface area (Å²) in [5, 5.41) is 9.83. The Bertz CT molecular complexity index is 945. The minimum atomic E-state index is -0.656. The first-order valence-corrected chi connectivity index (χ1v) is 11.7. The summed E-state index contributed by atoms with van der Waals surface area (Å²) in [6.07, 6.45) is 2.38. The van der Waals surface area contributed by atoms with E-state index in [0.717, 1.165) is 11.1 Å². The molecule has 1 N–H and O–H groups in total. The molecule has 0 saturated carbocycles. The van der Waals surface area contributed by atoms with Crippen LogP contribution >= 0.6 is 0 Å². The molecule has 4 rings (SSSR count). The largest absolute Gasteiger partial charge is 0.459 e. The van der Waals surface area contributed by atoms with E-state index >= 15 is 0 Å². The van der Waals surface area contributed by atoms with Gasteiger partial charge in [0.2, 0.25) is 6.29 Å². The fraction of sp³-hybridized carbons (Fsp3) is 0.444. The first-order chi connectivity index (χ1) is 16.0. The number of carbonyl (C=O) groups excluding carboxylic acids is 1. The van der Waals surface area contributed by atoms with Crippen LogP contribution in [-0.2, 0) is 25.4 Å². The number of carbonyl (C=O) groups is 1. The van der Waals surface area contributed by atoms with Crippen LogP contribution in [0.3, 0.4) is 0 Å². The highest BCUT2D eigenvalue weighted by Crippen LogP contribution is 2.45. The highest BCUT2D eigenvalue weighted by Gasteiger charge is 2.47.